The number of benzene rings is 1. The monoisotopic (exact) mass is 1290 g/mol. The fourth-order valence-electron chi connectivity index (χ4n) is 13.6. The summed E-state index contributed by atoms with van der Waals surface area (Å²) in [4.78, 5) is 168. The molecule has 1 spiro atoms. The second kappa shape index (κ2) is 31.7. The van der Waals surface area contributed by atoms with Crippen LogP contribution in [0, 0.1) is 17.8 Å². The molecule has 6 rings (SSSR count). The molecule has 1 aromatic rings. The van der Waals surface area contributed by atoms with Crippen LogP contribution in [0.25, 0.3) is 0 Å². The van der Waals surface area contributed by atoms with Gasteiger partial charge in [0.1, 0.15) is 47.8 Å². The number of carbonyl (C=O) groups is 11. The number of nitrogens with one attached hydrogen (secondary N) is 4. The Morgan fingerprint density at radius 1 is 0.633 bits per heavy atom. The molecule has 9 atom stereocenters. The van der Waals surface area contributed by atoms with Crippen molar-refractivity contribution in [1.29, 1.82) is 0 Å². The van der Waals surface area contributed by atoms with Gasteiger partial charge in [0.15, 0.2) is 0 Å². The van der Waals surface area contributed by atoms with Crippen LogP contribution in [0.5, 0.6) is 0 Å². The molecule has 1 unspecified atom stereocenters. The van der Waals surface area contributed by atoms with E-state index in [2.05, 4.69) is 21.3 Å². The number of aryl methyl sites for hydroxylation is 1. The molecule has 2 heterocycles. The molecule has 4 N–H and O–H groups in total. The summed E-state index contributed by atoms with van der Waals surface area (Å²) in [5.74, 6) is -7.39. The summed E-state index contributed by atoms with van der Waals surface area (Å²) >= 11 is 6.13. The molecule has 502 valence electrons. The molecule has 2 aliphatic heterocycles. The van der Waals surface area contributed by atoms with Gasteiger partial charge in [0.2, 0.25) is 65.0 Å². The number of rotatable bonds is 8. The molecule has 26 heteroatoms. The minimum absolute atomic E-state index is 0.0288. The Bertz CT molecular complexity index is 2790. The van der Waals surface area contributed by atoms with Crippen molar-refractivity contribution in [2.75, 3.05) is 61.9 Å². The number of amides is 11. The standard InChI is InChI=1S/C64H97ClF3N11O11/c1-12-38(2)53-61(89)74(7)36-51(81)73(6)37-52(82)77(10)49(35-42-21-14-13-15-22-42)60(88)76(9)41(5)55(83)70-47(29-27-43-26-28-45(46(65)34-43)64(66,67)68)59(87)79-32-20-25-48(79)57(85)72-63(30-18-19-31-63)62(90)78(11)54(44-23-16-17-24-44)58(86)69-39(3)33-50(80)75(8)40(4)56(84)71-53/h26,28,34,38-42,44,47-49,53-54H,12-25,27,29-33,35-37H2,1-11H3,(H,69,86)(H,70,83)(H,71,84)(H,72,85)/t38?,39-,40+,41-,47+,48+,49+,53+,54+/m1/s1. The van der Waals surface area contributed by atoms with Crippen LogP contribution in [0.15, 0.2) is 18.2 Å². The summed E-state index contributed by atoms with van der Waals surface area (Å²) in [6.07, 6.45) is 4.83. The van der Waals surface area contributed by atoms with Gasteiger partial charge in [-0.1, -0.05) is 95.7 Å². The minimum Gasteiger partial charge on any atom is -0.351 e. The molecule has 2 saturated heterocycles. The van der Waals surface area contributed by atoms with Crippen molar-refractivity contribution in [2.45, 2.75) is 223 Å². The zero-order chi connectivity index (χ0) is 66.7. The van der Waals surface area contributed by atoms with E-state index in [-0.39, 0.29) is 63.3 Å². The lowest BCUT2D eigenvalue weighted by Crippen LogP contribution is -2.64. The van der Waals surface area contributed by atoms with Gasteiger partial charge >= 0.3 is 6.18 Å². The number of hydrogen-bond donors (Lipinski definition) is 4. The van der Waals surface area contributed by atoms with Crippen molar-refractivity contribution >= 4 is 76.6 Å². The van der Waals surface area contributed by atoms with Gasteiger partial charge in [-0.25, -0.2) is 0 Å². The van der Waals surface area contributed by atoms with Gasteiger partial charge in [-0.15, -0.1) is 0 Å². The number of halogens is 4. The number of fused-ring (bicyclic) bond motifs is 1. The third-order valence-corrected chi connectivity index (χ3v) is 20.2. The SMILES string of the molecule is CCC(C)[C@@H]1NC(=O)[C@H](C)N(C)C(=O)C[C@@H](C)NC(=O)[C@H](C2CCCC2)N(C)C(=O)C2(CCCC2)NC(=O)[C@@H]2CCCN2C(=O)[C@H](CCc2ccc(C(F)(F)F)c(Cl)c2)NC(=O)[C@@H](C)N(C)C(=O)[C@H](CC2CCCCC2)N(C)C(=O)CN(C)C(=O)CN(C)C1=O. The maximum atomic E-state index is 15.2. The molecule has 0 bridgehead atoms. The molecular formula is C64H97ClF3N11O11. The summed E-state index contributed by atoms with van der Waals surface area (Å²) < 4.78 is 41.4. The number of nitrogens with zero attached hydrogens (tertiary/aromatic N) is 7. The maximum Gasteiger partial charge on any atom is 0.417 e. The van der Waals surface area contributed by atoms with Crippen LogP contribution in [0.3, 0.4) is 0 Å². The van der Waals surface area contributed by atoms with Crippen LogP contribution in [0.4, 0.5) is 13.2 Å². The van der Waals surface area contributed by atoms with E-state index in [9.17, 15) is 56.3 Å². The van der Waals surface area contributed by atoms with Crippen molar-refractivity contribution < 1.29 is 65.9 Å². The summed E-state index contributed by atoms with van der Waals surface area (Å²) in [6, 6.07) is -5.78. The average molecular weight is 1290 g/mol. The fraction of sp³-hybridized carbons (Fsp3) is 0.734. The Labute approximate surface area is 533 Å². The molecule has 90 heavy (non-hydrogen) atoms. The molecule has 3 saturated carbocycles. The van der Waals surface area contributed by atoms with E-state index in [1.807, 2.05) is 6.92 Å². The molecule has 1 aromatic carbocycles. The third-order valence-electron chi connectivity index (χ3n) is 19.9. The molecule has 3 aliphatic carbocycles. The first-order chi connectivity index (χ1) is 42.3. The van der Waals surface area contributed by atoms with Crippen molar-refractivity contribution in [2.24, 2.45) is 17.8 Å². The van der Waals surface area contributed by atoms with Crippen LogP contribution in [0.2, 0.25) is 5.02 Å². The quantitative estimate of drug-likeness (QED) is 0.268. The van der Waals surface area contributed by atoms with Crippen molar-refractivity contribution in [3.8, 4) is 0 Å². The Hall–Kier alpha value is -6.53. The van der Waals surface area contributed by atoms with Gasteiger partial charge in [0, 0.05) is 61.3 Å². The van der Waals surface area contributed by atoms with Crippen LogP contribution < -0.4 is 21.3 Å². The van der Waals surface area contributed by atoms with Crippen LogP contribution >= 0.6 is 11.6 Å². The van der Waals surface area contributed by atoms with E-state index in [4.69, 9.17) is 11.6 Å². The van der Waals surface area contributed by atoms with Crippen molar-refractivity contribution in [3.63, 3.8) is 0 Å². The predicted molar refractivity (Wildman–Crippen MR) is 330 cm³/mol. The van der Waals surface area contributed by atoms with Gasteiger partial charge in [0.05, 0.1) is 23.7 Å². The highest BCUT2D eigenvalue weighted by Crippen LogP contribution is 2.38. The molecule has 0 radical (unpaired) electrons. The predicted octanol–water partition coefficient (Wildman–Crippen LogP) is 5.06. The van der Waals surface area contributed by atoms with E-state index < -0.39 is 155 Å². The number of carbonyl (C=O) groups excluding carboxylic acids is 11. The van der Waals surface area contributed by atoms with Gasteiger partial charge in [-0.05, 0) is 114 Å². The second-order valence-corrected chi connectivity index (χ2v) is 26.7. The van der Waals surface area contributed by atoms with E-state index in [0.29, 0.717) is 44.1 Å². The lowest BCUT2D eigenvalue weighted by atomic mass is 9.84. The van der Waals surface area contributed by atoms with E-state index in [0.717, 1.165) is 66.9 Å². The Morgan fingerprint density at radius 2 is 1.23 bits per heavy atom. The largest absolute Gasteiger partial charge is 0.417 e. The average Bonchev–Trinajstić information content (AvgIpc) is 1.55. The summed E-state index contributed by atoms with van der Waals surface area (Å²) in [5.41, 5.74) is -2.22. The molecule has 11 amide bonds. The first-order valence-electron chi connectivity index (χ1n) is 32.3. The van der Waals surface area contributed by atoms with Gasteiger partial charge in [-0.2, -0.15) is 13.2 Å². The molecule has 5 fully saturated rings. The summed E-state index contributed by atoms with van der Waals surface area (Å²) in [5, 5.41) is 11.0. The normalized spacial score (nSPS) is 28.1. The topological polar surface area (TPSA) is 259 Å². The Balaban J connectivity index is 1.36. The highest BCUT2D eigenvalue weighted by molar-refractivity contribution is 6.31. The number of likely N-dealkylation sites (N-methyl/N-ethyl adjacent to an activating group) is 6. The first kappa shape index (κ1) is 72.5. The lowest BCUT2D eigenvalue weighted by molar-refractivity contribution is -0.150. The van der Waals surface area contributed by atoms with E-state index >= 15 is 9.59 Å². The summed E-state index contributed by atoms with van der Waals surface area (Å²) in [6.45, 7) is 7.25. The second-order valence-electron chi connectivity index (χ2n) is 26.3. The Kier molecular flexibility index (Phi) is 25.5. The number of hydrogen-bond acceptors (Lipinski definition) is 11. The van der Waals surface area contributed by atoms with Gasteiger partial charge in [-0.3, -0.25) is 52.7 Å². The van der Waals surface area contributed by atoms with Crippen LogP contribution in [-0.4, -0.2) is 215 Å². The van der Waals surface area contributed by atoms with Crippen molar-refractivity contribution in [1.82, 2.24) is 55.6 Å². The zero-order valence-corrected chi connectivity index (χ0v) is 55.2. The molecule has 5 aliphatic rings. The highest BCUT2D eigenvalue weighted by atomic mass is 35.5. The molecular weight excluding hydrogens is 1190 g/mol. The maximum absolute atomic E-state index is 15.2. The molecule has 0 aromatic heterocycles. The van der Waals surface area contributed by atoms with Crippen molar-refractivity contribution in [3.05, 3.63) is 34.3 Å². The Morgan fingerprint density at radius 3 is 1.84 bits per heavy atom. The third kappa shape index (κ3) is 17.7. The molecule has 22 nitrogen and oxygen atoms in total. The minimum atomic E-state index is -4.74. The first-order valence-corrected chi connectivity index (χ1v) is 32.6. The van der Waals surface area contributed by atoms with Gasteiger partial charge < -0.3 is 55.6 Å². The van der Waals surface area contributed by atoms with E-state index in [1.165, 1.54) is 86.7 Å². The lowest BCUT2D eigenvalue weighted by Gasteiger charge is -2.40. The smallest absolute Gasteiger partial charge is 0.351 e. The fourth-order valence-corrected chi connectivity index (χ4v) is 13.9. The number of alkyl halides is 3. The highest BCUT2D eigenvalue weighted by Gasteiger charge is 2.50. The van der Waals surface area contributed by atoms with Gasteiger partial charge in [0.25, 0.3) is 0 Å². The van der Waals surface area contributed by atoms with Crippen LogP contribution in [0.1, 0.15) is 168 Å². The van der Waals surface area contributed by atoms with E-state index in [1.54, 1.807) is 13.8 Å². The summed E-state index contributed by atoms with van der Waals surface area (Å²) in [7, 11) is 8.58. The van der Waals surface area contributed by atoms with Crippen LogP contribution in [-0.2, 0) is 65.3 Å². The zero-order valence-electron chi connectivity index (χ0n) is 54.5.